The molecule has 1 heterocycles. The van der Waals surface area contributed by atoms with Crippen molar-refractivity contribution >= 4 is 5.97 Å². The summed E-state index contributed by atoms with van der Waals surface area (Å²) in [6, 6.07) is -0.513. The zero-order valence-corrected chi connectivity index (χ0v) is 11.8. The molecule has 0 saturated carbocycles. The van der Waals surface area contributed by atoms with Gasteiger partial charge in [-0.1, -0.05) is 0 Å². The number of carbonyl (C=O) groups is 1. The van der Waals surface area contributed by atoms with Gasteiger partial charge in [0, 0.05) is 20.2 Å². The molecule has 2 N–H and O–H groups in total. The summed E-state index contributed by atoms with van der Waals surface area (Å²) in [5.41, 5.74) is 5.72. The Morgan fingerprint density at radius 3 is 2.89 bits per heavy atom. The number of carbonyl (C=O) groups excluding carboxylic acids is 1. The van der Waals surface area contributed by atoms with Gasteiger partial charge in [0.2, 0.25) is 0 Å². The molecule has 0 bridgehead atoms. The first-order valence-electron chi connectivity index (χ1n) is 6.70. The average Bonchev–Trinajstić information content (AvgIpc) is 2.36. The van der Waals surface area contributed by atoms with Crippen LogP contribution < -0.4 is 5.73 Å². The van der Waals surface area contributed by atoms with Gasteiger partial charge in [-0.3, -0.25) is 4.79 Å². The van der Waals surface area contributed by atoms with E-state index in [1.54, 1.807) is 14.0 Å². The lowest BCUT2D eigenvalue weighted by Gasteiger charge is -2.39. The molecular formula is C13H26N2O3. The number of methoxy groups -OCH3 is 1. The summed E-state index contributed by atoms with van der Waals surface area (Å²) < 4.78 is 10.4. The van der Waals surface area contributed by atoms with Crippen molar-refractivity contribution in [2.75, 3.05) is 33.4 Å². The van der Waals surface area contributed by atoms with E-state index in [0.717, 1.165) is 32.5 Å². The molecule has 1 saturated heterocycles. The zero-order valence-electron chi connectivity index (χ0n) is 11.8. The van der Waals surface area contributed by atoms with E-state index in [2.05, 4.69) is 11.8 Å². The van der Waals surface area contributed by atoms with Crippen molar-refractivity contribution in [3.05, 3.63) is 0 Å². The average molecular weight is 258 g/mol. The number of esters is 1. The standard InChI is InChI=1S/C13H26N2O3/c1-4-18-12(16)11(14)6-9-15-8-5-7-13(2,10-15)17-3/h11H,4-10,14H2,1-3H3. The lowest BCUT2D eigenvalue weighted by molar-refractivity contribution is -0.145. The Bertz CT molecular complexity index is 273. The van der Waals surface area contributed by atoms with Crippen LogP contribution in [0.25, 0.3) is 0 Å². The first-order valence-corrected chi connectivity index (χ1v) is 6.70. The summed E-state index contributed by atoms with van der Waals surface area (Å²) in [4.78, 5) is 13.7. The van der Waals surface area contributed by atoms with Crippen LogP contribution in [0.1, 0.15) is 33.1 Å². The molecule has 2 unspecified atom stereocenters. The number of piperidine rings is 1. The van der Waals surface area contributed by atoms with Gasteiger partial charge in [-0.15, -0.1) is 0 Å². The van der Waals surface area contributed by atoms with E-state index < -0.39 is 6.04 Å². The molecule has 0 aromatic rings. The molecule has 0 amide bonds. The van der Waals surface area contributed by atoms with Gasteiger partial charge in [-0.2, -0.15) is 0 Å². The number of nitrogens with two attached hydrogens (primary N) is 1. The Morgan fingerprint density at radius 1 is 1.56 bits per heavy atom. The fraction of sp³-hybridized carbons (Fsp3) is 0.923. The maximum atomic E-state index is 11.4. The van der Waals surface area contributed by atoms with Crippen molar-refractivity contribution < 1.29 is 14.3 Å². The molecule has 5 heteroatoms. The third kappa shape index (κ3) is 4.55. The van der Waals surface area contributed by atoms with Crippen LogP contribution in [0.3, 0.4) is 0 Å². The van der Waals surface area contributed by atoms with Crippen LogP contribution in [-0.2, 0) is 14.3 Å². The normalized spacial score (nSPS) is 26.9. The topological polar surface area (TPSA) is 64.8 Å². The number of likely N-dealkylation sites (tertiary alicyclic amines) is 1. The van der Waals surface area contributed by atoms with Crippen LogP contribution in [0.5, 0.6) is 0 Å². The predicted octanol–water partition coefficient (Wildman–Crippen LogP) is 0.768. The van der Waals surface area contributed by atoms with Crippen LogP contribution in [0.4, 0.5) is 0 Å². The number of hydrogen-bond acceptors (Lipinski definition) is 5. The zero-order chi connectivity index (χ0) is 13.6. The van der Waals surface area contributed by atoms with Crippen molar-refractivity contribution in [2.24, 2.45) is 5.73 Å². The van der Waals surface area contributed by atoms with Crippen molar-refractivity contribution in [3.63, 3.8) is 0 Å². The Labute approximate surface area is 110 Å². The highest BCUT2D eigenvalue weighted by Crippen LogP contribution is 2.23. The molecule has 2 atom stereocenters. The van der Waals surface area contributed by atoms with Gasteiger partial charge in [0.1, 0.15) is 6.04 Å². The van der Waals surface area contributed by atoms with Gasteiger partial charge in [0.15, 0.2) is 0 Å². The van der Waals surface area contributed by atoms with Gasteiger partial charge in [0.05, 0.1) is 12.2 Å². The molecule has 18 heavy (non-hydrogen) atoms. The summed E-state index contributed by atoms with van der Waals surface area (Å²) in [7, 11) is 1.76. The quantitative estimate of drug-likeness (QED) is 0.713. The minimum absolute atomic E-state index is 0.0632. The fourth-order valence-corrected chi connectivity index (χ4v) is 2.35. The Kier molecular flexibility index (Phi) is 6.05. The fourth-order valence-electron chi connectivity index (χ4n) is 2.35. The van der Waals surface area contributed by atoms with E-state index in [9.17, 15) is 4.79 Å². The first kappa shape index (κ1) is 15.4. The molecule has 0 aromatic carbocycles. The molecule has 0 aliphatic carbocycles. The van der Waals surface area contributed by atoms with Crippen LogP contribution in [0.15, 0.2) is 0 Å². The highest BCUT2D eigenvalue weighted by Gasteiger charge is 2.30. The lowest BCUT2D eigenvalue weighted by Crippen LogP contribution is -2.48. The molecular weight excluding hydrogens is 232 g/mol. The third-order valence-electron chi connectivity index (χ3n) is 3.58. The lowest BCUT2D eigenvalue weighted by atomic mass is 9.94. The number of ether oxygens (including phenoxy) is 2. The Hall–Kier alpha value is -0.650. The number of rotatable bonds is 6. The molecule has 0 spiro atoms. The molecule has 106 valence electrons. The largest absolute Gasteiger partial charge is 0.465 e. The molecule has 0 aromatic heterocycles. The van der Waals surface area contributed by atoms with E-state index in [1.165, 1.54) is 0 Å². The van der Waals surface area contributed by atoms with E-state index in [1.807, 2.05) is 0 Å². The second kappa shape index (κ2) is 7.07. The molecule has 1 rings (SSSR count). The SMILES string of the molecule is CCOC(=O)C(N)CCN1CCCC(C)(OC)C1. The maximum Gasteiger partial charge on any atom is 0.322 e. The molecule has 1 aliphatic rings. The van der Waals surface area contributed by atoms with Gasteiger partial charge in [0.25, 0.3) is 0 Å². The van der Waals surface area contributed by atoms with Crippen LogP contribution in [-0.4, -0.2) is 55.9 Å². The number of hydrogen-bond donors (Lipinski definition) is 1. The Balaban J connectivity index is 2.32. The van der Waals surface area contributed by atoms with E-state index in [-0.39, 0.29) is 11.6 Å². The van der Waals surface area contributed by atoms with Crippen LogP contribution in [0, 0.1) is 0 Å². The summed E-state index contributed by atoms with van der Waals surface area (Å²) in [5, 5.41) is 0. The van der Waals surface area contributed by atoms with E-state index in [0.29, 0.717) is 13.0 Å². The summed E-state index contributed by atoms with van der Waals surface area (Å²) in [6.07, 6.45) is 2.85. The summed E-state index contributed by atoms with van der Waals surface area (Å²) in [6.45, 7) is 7.08. The highest BCUT2D eigenvalue weighted by molar-refractivity contribution is 5.75. The summed E-state index contributed by atoms with van der Waals surface area (Å²) in [5.74, 6) is -0.302. The smallest absolute Gasteiger partial charge is 0.322 e. The third-order valence-corrected chi connectivity index (χ3v) is 3.58. The second-order valence-electron chi connectivity index (χ2n) is 5.18. The monoisotopic (exact) mass is 258 g/mol. The van der Waals surface area contributed by atoms with E-state index in [4.69, 9.17) is 15.2 Å². The van der Waals surface area contributed by atoms with Crippen molar-refractivity contribution in [2.45, 2.75) is 44.8 Å². The maximum absolute atomic E-state index is 11.4. The van der Waals surface area contributed by atoms with Crippen molar-refractivity contribution in [1.29, 1.82) is 0 Å². The Morgan fingerprint density at radius 2 is 2.28 bits per heavy atom. The molecule has 0 radical (unpaired) electrons. The van der Waals surface area contributed by atoms with Gasteiger partial charge in [-0.25, -0.2) is 0 Å². The van der Waals surface area contributed by atoms with Crippen molar-refractivity contribution in [3.8, 4) is 0 Å². The van der Waals surface area contributed by atoms with Crippen LogP contribution in [0.2, 0.25) is 0 Å². The van der Waals surface area contributed by atoms with E-state index >= 15 is 0 Å². The minimum atomic E-state index is -0.513. The summed E-state index contributed by atoms with van der Waals surface area (Å²) >= 11 is 0. The molecule has 1 aliphatic heterocycles. The van der Waals surface area contributed by atoms with Crippen molar-refractivity contribution in [1.82, 2.24) is 4.90 Å². The molecule has 5 nitrogen and oxygen atoms in total. The van der Waals surface area contributed by atoms with Gasteiger partial charge < -0.3 is 20.1 Å². The predicted molar refractivity (Wildman–Crippen MR) is 70.3 cm³/mol. The van der Waals surface area contributed by atoms with Crippen LogP contribution >= 0.6 is 0 Å². The first-order chi connectivity index (χ1) is 8.50. The minimum Gasteiger partial charge on any atom is -0.465 e. The highest BCUT2D eigenvalue weighted by atomic mass is 16.5. The second-order valence-corrected chi connectivity index (χ2v) is 5.18. The number of nitrogens with zero attached hydrogens (tertiary/aromatic N) is 1. The molecule has 1 fully saturated rings. The van der Waals surface area contributed by atoms with Gasteiger partial charge >= 0.3 is 5.97 Å². The van der Waals surface area contributed by atoms with Gasteiger partial charge in [-0.05, 0) is 39.7 Å².